The maximum atomic E-state index is 12.4. The maximum Gasteiger partial charge on any atom is 0.261 e. The Morgan fingerprint density at radius 2 is 1.74 bits per heavy atom. The fourth-order valence-corrected chi connectivity index (χ4v) is 3.31. The number of rotatable bonds is 5. The van der Waals surface area contributed by atoms with E-state index in [0.29, 0.717) is 5.69 Å². The topological polar surface area (TPSA) is 74.8 Å². The molecule has 0 spiro atoms. The highest BCUT2D eigenvalue weighted by atomic mass is 32.2. The molecule has 3 rings (SSSR count). The standard InChI is InChI=1S/C17H17N3O2S/c1-2-13-3-9-16(10-4-13)23(21,22)20-15-7-5-14(6-8-15)17-11-18-12-19-17/h3-12,20H,2H2,1H3,(H,18,19). The number of anilines is 1. The Kier molecular flexibility index (Phi) is 4.16. The van der Waals surface area contributed by atoms with Crippen molar-refractivity contribution in [2.45, 2.75) is 18.2 Å². The van der Waals surface area contributed by atoms with Crippen LogP contribution in [-0.4, -0.2) is 18.4 Å². The van der Waals surface area contributed by atoms with E-state index < -0.39 is 10.0 Å². The number of nitrogens with one attached hydrogen (secondary N) is 2. The first-order valence-corrected chi connectivity index (χ1v) is 8.77. The van der Waals surface area contributed by atoms with E-state index >= 15 is 0 Å². The highest BCUT2D eigenvalue weighted by Crippen LogP contribution is 2.21. The second-order valence-corrected chi connectivity index (χ2v) is 6.83. The first kappa shape index (κ1) is 15.3. The van der Waals surface area contributed by atoms with Gasteiger partial charge in [0.05, 0.1) is 23.1 Å². The number of aryl methyl sites for hydroxylation is 1. The predicted octanol–water partition coefficient (Wildman–Crippen LogP) is 3.44. The van der Waals surface area contributed by atoms with Gasteiger partial charge in [-0.25, -0.2) is 13.4 Å². The zero-order valence-electron chi connectivity index (χ0n) is 12.7. The van der Waals surface area contributed by atoms with Crippen LogP contribution in [-0.2, 0) is 16.4 Å². The molecule has 0 aliphatic heterocycles. The number of nitrogens with zero attached hydrogens (tertiary/aromatic N) is 1. The van der Waals surface area contributed by atoms with E-state index in [2.05, 4.69) is 14.7 Å². The first-order chi connectivity index (χ1) is 11.1. The van der Waals surface area contributed by atoms with Gasteiger partial charge in [-0.1, -0.05) is 31.2 Å². The van der Waals surface area contributed by atoms with Crippen LogP contribution >= 0.6 is 0 Å². The molecular formula is C17H17N3O2S. The third-order valence-electron chi connectivity index (χ3n) is 3.59. The second kappa shape index (κ2) is 6.26. The minimum Gasteiger partial charge on any atom is -0.345 e. The second-order valence-electron chi connectivity index (χ2n) is 5.15. The quantitative estimate of drug-likeness (QED) is 0.754. The molecule has 118 valence electrons. The minimum absolute atomic E-state index is 0.257. The van der Waals surface area contributed by atoms with Gasteiger partial charge in [0.1, 0.15) is 0 Å². The van der Waals surface area contributed by atoms with Crippen molar-refractivity contribution in [2.75, 3.05) is 4.72 Å². The van der Waals surface area contributed by atoms with E-state index in [1.807, 2.05) is 31.2 Å². The van der Waals surface area contributed by atoms with Gasteiger partial charge in [0.15, 0.2) is 0 Å². The molecule has 0 radical (unpaired) electrons. The Morgan fingerprint density at radius 3 is 2.30 bits per heavy atom. The lowest BCUT2D eigenvalue weighted by atomic mass is 10.1. The molecule has 2 aromatic carbocycles. The molecule has 3 aromatic rings. The van der Waals surface area contributed by atoms with Crippen LogP contribution < -0.4 is 4.72 Å². The van der Waals surface area contributed by atoms with Crippen LogP contribution in [0.2, 0.25) is 0 Å². The monoisotopic (exact) mass is 327 g/mol. The molecule has 0 saturated carbocycles. The van der Waals surface area contributed by atoms with E-state index in [4.69, 9.17) is 0 Å². The Labute approximate surface area is 135 Å². The normalized spacial score (nSPS) is 11.3. The van der Waals surface area contributed by atoms with E-state index in [1.165, 1.54) is 0 Å². The van der Waals surface area contributed by atoms with Crippen molar-refractivity contribution < 1.29 is 8.42 Å². The number of aromatic amines is 1. The summed E-state index contributed by atoms with van der Waals surface area (Å²) in [5.41, 5.74) is 3.45. The summed E-state index contributed by atoms with van der Waals surface area (Å²) in [7, 11) is -3.58. The maximum absolute atomic E-state index is 12.4. The van der Waals surface area contributed by atoms with Gasteiger partial charge in [0, 0.05) is 5.69 Å². The molecule has 6 heteroatoms. The molecule has 0 saturated heterocycles. The van der Waals surface area contributed by atoms with Gasteiger partial charge in [-0.05, 0) is 41.8 Å². The van der Waals surface area contributed by atoms with Crippen LogP contribution in [0, 0.1) is 0 Å². The van der Waals surface area contributed by atoms with Gasteiger partial charge >= 0.3 is 0 Å². The van der Waals surface area contributed by atoms with Crippen LogP contribution in [0.3, 0.4) is 0 Å². The van der Waals surface area contributed by atoms with Crippen LogP contribution in [0.4, 0.5) is 5.69 Å². The van der Waals surface area contributed by atoms with Crippen molar-refractivity contribution in [1.29, 1.82) is 0 Å². The van der Waals surface area contributed by atoms with Gasteiger partial charge < -0.3 is 4.98 Å². The smallest absolute Gasteiger partial charge is 0.261 e. The number of H-pyrrole nitrogens is 1. The van der Waals surface area contributed by atoms with Gasteiger partial charge in [-0.15, -0.1) is 0 Å². The third-order valence-corrected chi connectivity index (χ3v) is 4.99. The predicted molar refractivity (Wildman–Crippen MR) is 90.7 cm³/mol. The number of aromatic nitrogens is 2. The Hall–Kier alpha value is -2.60. The summed E-state index contributed by atoms with van der Waals surface area (Å²) in [4.78, 5) is 7.23. The van der Waals surface area contributed by atoms with Gasteiger partial charge in [0.2, 0.25) is 0 Å². The molecule has 5 nitrogen and oxygen atoms in total. The largest absolute Gasteiger partial charge is 0.345 e. The molecule has 0 unspecified atom stereocenters. The van der Waals surface area contributed by atoms with Crippen molar-refractivity contribution in [3.05, 3.63) is 66.6 Å². The highest BCUT2D eigenvalue weighted by molar-refractivity contribution is 7.92. The lowest BCUT2D eigenvalue weighted by molar-refractivity contribution is 0.601. The molecule has 1 aromatic heterocycles. The number of benzene rings is 2. The first-order valence-electron chi connectivity index (χ1n) is 7.29. The zero-order valence-corrected chi connectivity index (χ0v) is 13.5. The van der Waals surface area contributed by atoms with Gasteiger partial charge in [-0.2, -0.15) is 0 Å². The van der Waals surface area contributed by atoms with Crippen molar-refractivity contribution in [2.24, 2.45) is 0 Å². The molecule has 0 bridgehead atoms. The van der Waals surface area contributed by atoms with E-state index in [-0.39, 0.29) is 4.90 Å². The van der Waals surface area contributed by atoms with Crippen LogP contribution in [0.1, 0.15) is 12.5 Å². The molecule has 23 heavy (non-hydrogen) atoms. The van der Waals surface area contributed by atoms with Crippen molar-refractivity contribution in [3.63, 3.8) is 0 Å². The Morgan fingerprint density at radius 1 is 1.04 bits per heavy atom. The van der Waals surface area contributed by atoms with Gasteiger partial charge in [-0.3, -0.25) is 4.72 Å². The summed E-state index contributed by atoms with van der Waals surface area (Å²) in [6.45, 7) is 2.03. The Balaban J connectivity index is 1.79. The Bertz CT molecular complexity index is 869. The molecule has 0 aliphatic rings. The summed E-state index contributed by atoms with van der Waals surface area (Å²) in [5.74, 6) is 0. The van der Waals surface area contributed by atoms with E-state index in [1.54, 1.807) is 36.8 Å². The molecule has 0 atom stereocenters. The molecular weight excluding hydrogens is 310 g/mol. The lowest BCUT2D eigenvalue weighted by Crippen LogP contribution is -2.12. The van der Waals surface area contributed by atoms with E-state index in [9.17, 15) is 8.42 Å². The third kappa shape index (κ3) is 3.43. The average molecular weight is 327 g/mol. The lowest BCUT2D eigenvalue weighted by Gasteiger charge is -2.09. The molecule has 2 N–H and O–H groups in total. The fourth-order valence-electron chi connectivity index (χ4n) is 2.25. The van der Waals surface area contributed by atoms with Crippen LogP contribution in [0.5, 0.6) is 0 Å². The van der Waals surface area contributed by atoms with Crippen molar-refractivity contribution >= 4 is 15.7 Å². The van der Waals surface area contributed by atoms with Gasteiger partial charge in [0.25, 0.3) is 10.0 Å². The summed E-state index contributed by atoms with van der Waals surface area (Å²) in [6, 6.07) is 14.0. The summed E-state index contributed by atoms with van der Waals surface area (Å²) < 4.78 is 27.4. The SMILES string of the molecule is CCc1ccc(S(=O)(=O)Nc2ccc(-c3cnc[nH]3)cc2)cc1. The summed E-state index contributed by atoms with van der Waals surface area (Å²) in [6.07, 6.45) is 4.20. The summed E-state index contributed by atoms with van der Waals surface area (Å²) >= 11 is 0. The number of imidazole rings is 1. The average Bonchev–Trinajstić information content (AvgIpc) is 3.10. The summed E-state index contributed by atoms with van der Waals surface area (Å²) in [5, 5.41) is 0. The molecule has 0 aliphatic carbocycles. The fraction of sp³-hybridized carbons (Fsp3) is 0.118. The minimum atomic E-state index is -3.58. The zero-order chi connectivity index (χ0) is 16.3. The van der Waals surface area contributed by atoms with E-state index in [0.717, 1.165) is 23.2 Å². The van der Waals surface area contributed by atoms with Crippen molar-refractivity contribution in [1.82, 2.24) is 9.97 Å². The van der Waals surface area contributed by atoms with Crippen LogP contribution in [0.15, 0.2) is 66.0 Å². The van der Waals surface area contributed by atoms with Crippen molar-refractivity contribution in [3.8, 4) is 11.3 Å². The number of sulfonamides is 1. The highest BCUT2D eigenvalue weighted by Gasteiger charge is 2.14. The van der Waals surface area contributed by atoms with Crippen LogP contribution in [0.25, 0.3) is 11.3 Å². The molecule has 1 heterocycles. The number of hydrogen-bond donors (Lipinski definition) is 2. The number of hydrogen-bond acceptors (Lipinski definition) is 3. The molecule has 0 fully saturated rings. The molecule has 0 amide bonds.